The Morgan fingerprint density at radius 2 is 1.50 bits per heavy atom. The summed E-state index contributed by atoms with van der Waals surface area (Å²) in [6.07, 6.45) is 9.79. The summed E-state index contributed by atoms with van der Waals surface area (Å²) >= 11 is 0. The molecule has 0 saturated carbocycles. The van der Waals surface area contributed by atoms with E-state index in [2.05, 4.69) is 26.2 Å². The van der Waals surface area contributed by atoms with Crippen LogP contribution >= 0.6 is 12.4 Å². The van der Waals surface area contributed by atoms with Gasteiger partial charge in [0.05, 0.1) is 0 Å². The van der Waals surface area contributed by atoms with Gasteiger partial charge in [-0.25, -0.2) is 19.1 Å². The molecule has 0 aromatic heterocycles. The van der Waals surface area contributed by atoms with Crippen molar-refractivity contribution in [2.45, 2.75) is 12.8 Å². The van der Waals surface area contributed by atoms with Gasteiger partial charge in [0, 0.05) is 20.4 Å². The molecule has 0 spiro atoms. The Morgan fingerprint density at radius 1 is 1.08 bits per heavy atom. The fourth-order valence-corrected chi connectivity index (χ4v) is 0.874. The summed E-state index contributed by atoms with van der Waals surface area (Å²) in [5.41, 5.74) is 0. The van der Waals surface area contributed by atoms with Gasteiger partial charge in [-0.2, -0.15) is 0 Å². The number of rotatable bonds is 6. The van der Waals surface area contributed by atoms with E-state index in [0.29, 0.717) is 5.92 Å². The molecule has 0 aliphatic carbocycles. The Morgan fingerprint density at radius 3 is 1.75 bits per heavy atom. The molecular formula is C10H16ClPd-. The zero-order valence-electron chi connectivity index (χ0n) is 7.15. The van der Waals surface area contributed by atoms with Gasteiger partial charge < -0.3 is 0 Å². The van der Waals surface area contributed by atoms with E-state index in [9.17, 15) is 0 Å². The fourth-order valence-electron chi connectivity index (χ4n) is 0.874. The molecule has 0 heterocycles. The summed E-state index contributed by atoms with van der Waals surface area (Å²) in [7, 11) is 0. The summed E-state index contributed by atoms with van der Waals surface area (Å²) in [6.45, 7) is 11.0. The number of hydrogen-bond donors (Lipinski definition) is 0. The molecule has 0 atom stereocenters. The zero-order valence-corrected chi connectivity index (χ0v) is 9.52. The van der Waals surface area contributed by atoms with Crippen molar-refractivity contribution in [1.29, 1.82) is 0 Å². The van der Waals surface area contributed by atoms with Gasteiger partial charge in [-0.3, -0.25) is 0 Å². The maximum Gasteiger partial charge on any atom is 0 e. The third-order valence-corrected chi connectivity index (χ3v) is 1.35. The average molecular weight is 278 g/mol. The molecule has 0 aromatic rings. The molecule has 0 unspecified atom stereocenters. The van der Waals surface area contributed by atoms with Crippen LogP contribution in [0.1, 0.15) is 12.8 Å². The van der Waals surface area contributed by atoms with Crippen molar-refractivity contribution in [3.63, 3.8) is 0 Å². The maximum atomic E-state index is 3.68. The van der Waals surface area contributed by atoms with E-state index in [-0.39, 0.29) is 32.8 Å². The van der Waals surface area contributed by atoms with Gasteiger partial charge in [0.25, 0.3) is 0 Å². The van der Waals surface area contributed by atoms with Crippen molar-refractivity contribution in [1.82, 2.24) is 0 Å². The first-order valence-electron chi connectivity index (χ1n) is 3.52. The molecule has 0 amide bonds. The van der Waals surface area contributed by atoms with E-state index in [1.165, 1.54) is 0 Å². The molecule has 12 heavy (non-hydrogen) atoms. The standard InChI is InChI=1S/C10H15.ClH.Pd/c1-4-7-10(8-5-2)9-6-3;;/h4-7,10H,1-3,8-9H2;1H;/q-1;;. The minimum absolute atomic E-state index is 0. The van der Waals surface area contributed by atoms with Crippen LogP contribution in [-0.4, -0.2) is 0 Å². The quantitative estimate of drug-likeness (QED) is 0.396. The van der Waals surface area contributed by atoms with Gasteiger partial charge in [0.1, 0.15) is 0 Å². The largest absolute Gasteiger partial charge is 0.245 e. The van der Waals surface area contributed by atoms with Crippen LogP contribution in [-0.2, 0) is 20.4 Å². The van der Waals surface area contributed by atoms with Crippen molar-refractivity contribution in [3.8, 4) is 0 Å². The van der Waals surface area contributed by atoms with E-state index in [0.717, 1.165) is 12.8 Å². The first kappa shape index (κ1) is 18.0. The van der Waals surface area contributed by atoms with Crippen molar-refractivity contribution >= 4 is 12.4 Å². The van der Waals surface area contributed by atoms with Gasteiger partial charge in [0.15, 0.2) is 0 Å². The summed E-state index contributed by atoms with van der Waals surface area (Å²) < 4.78 is 0. The molecule has 0 radical (unpaired) electrons. The van der Waals surface area contributed by atoms with Crippen molar-refractivity contribution < 1.29 is 20.4 Å². The fraction of sp³-hybridized carbons (Fsp3) is 0.300. The summed E-state index contributed by atoms with van der Waals surface area (Å²) in [5.74, 6) is 0.549. The Balaban J connectivity index is -0.000000405. The topological polar surface area (TPSA) is 0 Å². The van der Waals surface area contributed by atoms with Gasteiger partial charge in [-0.15, -0.1) is 25.6 Å². The summed E-state index contributed by atoms with van der Waals surface area (Å²) in [6, 6.07) is 0. The molecule has 0 aromatic carbocycles. The van der Waals surface area contributed by atoms with Gasteiger partial charge >= 0.3 is 0 Å². The number of hydrogen-bond acceptors (Lipinski definition) is 0. The van der Waals surface area contributed by atoms with Crippen LogP contribution < -0.4 is 0 Å². The molecule has 0 N–H and O–H groups in total. The normalized spacial score (nSPS) is 7.42. The molecule has 0 bridgehead atoms. The van der Waals surface area contributed by atoms with Crippen LogP contribution in [0.5, 0.6) is 0 Å². The predicted molar refractivity (Wildman–Crippen MR) is 54.9 cm³/mol. The summed E-state index contributed by atoms with van der Waals surface area (Å²) in [5, 5.41) is 0. The monoisotopic (exact) mass is 277 g/mol. The number of halogens is 1. The van der Waals surface area contributed by atoms with Crippen LogP contribution in [0.15, 0.2) is 38.0 Å². The van der Waals surface area contributed by atoms with Gasteiger partial charge in [-0.1, -0.05) is 18.1 Å². The molecule has 0 aliphatic rings. The third kappa shape index (κ3) is 10.0. The Labute approximate surface area is 95.9 Å². The molecule has 2 heteroatoms. The van der Waals surface area contributed by atoms with Crippen LogP contribution in [0, 0.1) is 12.3 Å². The maximum absolute atomic E-state index is 3.68. The first-order chi connectivity index (χ1) is 4.85. The second-order valence-electron chi connectivity index (χ2n) is 2.24. The Kier molecular flexibility index (Phi) is 20.4. The third-order valence-electron chi connectivity index (χ3n) is 1.35. The van der Waals surface area contributed by atoms with Crippen molar-refractivity contribution in [3.05, 3.63) is 44.4 Å². The van der Waals surface area contributed by atoms with E-state index in [1.807, 2.05) is 18.2 Å². The van der Waals surface area contributed by atoms with Crippen LogP contribution in [0.2, 0.25) is 0 Å². The smallest absolute Gasteiger partial charge is 0 e. The van der Waals surface area contributed by atoms with Gasteiger partial charge in [0.2, 0.25) is 0 Å². The molecule has 0 fully saturated rings. The van der Waals surface area contributed by atoms with E-state index in [1.54, 1.807) is 0 Å². The van der Waals surface area contributed by atoms with Gasteiger partial charge in [-0.05, 0) is 12.8 Å². The zero-order chi connectivity index (χ0) is 7.82. The SMILES string of the molecule is C=C[CH-]C(CC=C)CC=C.Cl.[Pd]. The molecule has 0 nitrogen and oxygen atoms in total. The number of allylic oxidation sites excluding steroid dienone is 3. The summed E-state index contributed by atoms with van der Waals surface area (Å²) in [4.78, 5) is 0. The van der Waals surface area contributed by atoms with E-state index in [4.69, 9.17) is 0 Å². The second-order valence-corrected chi connectivity index (χ2v) is 2.24. The second kappa shape index (κ2) is 13.6. The van der Waals surface area contributed by atoms with E-state index >= 15 is 0 Å². The Bertz CT molecular complexity index is 97.2. The molecule has 0 aliphatic heterocycles. The minimum atomic E-state index is 0. The average Bonchev–Trinajstić information content (AvgIpc) is 1.90. The van der Waals surface area contributed by atoms with Crippen LogP contribution in [0.4, 0.5) is 0 Å². The van der Waals surface area contributed by atoms with Crippen molar-refractivity contribution in [2.24, 2.45) is 5.92 Å². The molecule has 0 saturated heterocycles. The predicted octanol–water partition coefficient (Wildman–Crippen LogP) is 3.56. The van der Waals surface area contributed by atoms with Crippen LogP contribution in [0.25, 0.3) is 0 Å². The van der Waals surface area contributed by atoms with Crippen molar-refractivity contribution in [2.75, 3.05) is 0 Å². The molecular weight excluding hydrogens is 262 g/mol. The Hall–Kier alpha value is 0.0423. The molecule has 0 rings (SSSR count). The van der Waals surface area contributed by atoms with E-state index < -0.39 is 0 Å². The first-order valence-corrected chi connectivity index (χ1v) is 3.52. The molecule has 74 valence electrons. The minimum Gasteiger partial charge on any atom is -0.245 e. The van der Waals surface area contributed by atoms with Crippen LogP contribution in [0.3, 0.4) is 0 Å².